The molecule has 3 heteroatoms. The summed E-state index contributed by atoms with van der Waals surface area (Å²) in [5, 5.41) is 8.79. The first-order valence-electron chi connectivity index (χ1n) is 2.34. The molecule has 3 N–H and O–H groups in total. The molecule has 0 saturated carbocycles. The van der Waals surface area contributed by atoms with Gasteiger partial charge in [-0.05, 0) is 12.1 Å². The van der Waals surface area contributed by atoms with Gasteiger partial charge in [-0.15, -0.1) is 0 Å². The van der Waals surface area contributed by atoms with Gasteiger partial charge < -0.3 is 10.8 Å². The van der Waals surface area contributed by atoms with Crippen molar-refractivity contribution in [3.63, 3.8) is 0 Å². The Morgan fingerprint density at radius 2 is 1.78 bits per heavy atom. The summed E-state index contributed by atoms with van der Waals surface area (Å²) in [6.07, 6.45) is 0. The van der Waals surface area contributed by atoms with Crippen molar-refractivity contribution in [1.82, 2.24) is 0 Å². The van der Waals surface area contributed by atoms with Gasteiger partial charge in [0.15, 0.2) is 0 Å². The van der Waals surface area contributed by atoms with Gasteiger partial charge in [0, 0.05) is 17.1 Å². The van der Waals surface area contributed by atoms with Crippen LogP contribution in [0.4, 0.5) is 5.69 Å². The molecular weight excluding hydrogens is 157 g/mol. The third-order valence-corrected chi connectivity index (χ3v) is 0.937. The molecule has 1 aromatic rings. The second kappa shape index (κ2) is 3.38. The summed E-state index contributed by atoms with van der Waals surface area (Å²) >= 11 is 0. The van der Waals surface area contributed by atoms with E-state index in [0.717, 1.165) is 0 Å². The number of hydrogen-bond donors (Lipinski definition) is 2. The molecule has 0 aromatic heterocycles. The smallest absolute Gasteiger partial charge is 0.138 e. The van der Waals surface area contributed by atoms with Crippen molar-refractivity contribution in [3.8, 4) is 5.75 Å². The average molecular weight is 164 g/mol. The van der Waals surface area contributed by atoms with Crippen LogP contribution in [0.25, 0.3) is 0 Å². The Bertz CT molecular complexity index is 169. The molecule has 0 atom stereocenters. The summed E-state index contributed by atoms with van der Waals surface area (Å²) < 4.78 is 0. The number of nitrogens with two attached hydrogens (primary N) is 1. The average Bonchev–Trinajstić information content (AvgIpc) is 1.77. The molecule has 1 radical (unpaired) electrons. The zero-order valence-electron chi connectivity index (χ0n) is 4.71. The van der Waals surface area contributed by atoms with Crippen LogP contribution in [0.3, 0.4) is 0 Å². The number of para-hydroxylation sites is 2. The SMILES string of the molecule is Nc1ccccc1O.[Mn]. The fourth-order valence-corrected chi connectivity index (χ4v) is 0.488. The quantitative estimate of drug-likeness (QED) is 0.341. The first-order valence-corrected chi connectivity index (χ1v) is 2.34. The third kappa shape index (κ3) is 1.96. The van der Waals surface area contributed by atoms with Crippen LogP contribution < -0.4 is 5.73 Å². The standard InChI is InChI=1S/C6H7NO.Mn/c7-5-3-1-2-4-6(5)8;/h1-4,8H,7H2;. The second-order valence-electron chi connectivity index (χ2n) is 1.56. The number of aromatic hydroxyl groups is 1. The van der Waals surface area contributed by atoms with Crippen LogP contribution in [-0.2, 0) is 17.1 Å². The summed E-state index contributed by atoms with van der Waals surface area (Å²) in [5.41, 5.74) is 5.69. The summed E-state index contributed by atoms with van der Waals surface area (Å²) in [7, 11) is 0. The molecular formula is C6H7MnNO. The van der Waals surface area contributed by atoms with Gasteiger partial charge in [0.05, 0.1) is 5.69 Å². The number of anilines is 1. The fourth-order valence-electron chi connectivity index (χ4n) is 0.488. The normalized spacial score (nSPS) is 8.00. The van der Waals surface area contributed by atoms with Gasteiger partial charge in [0.2, 0.25) is 0 Å². The van der Waals surface area contributed by atoms with Crippen molar-refractivity contribution in [2.75, 3.05) is 5.73 Å². The maximum absolute atomic E-state index is 8.79. The van der Waals surface area contributed by atoms with Crippen molar-refractivity contribution >= 4 is 5.69 Å². The molecule has 0 unspecified atom stereocenters. The molecule has 0 heterocycles. The predicted octanol–water partition coefficient (Wildman–Crippen LogP) is 0.972. The molecule has 0 fully saturated rings. The number of rotatable bonds is 0. The van der Waals surface area contributed by atoms with Gasteiger partial charge in [-0.25, -0.2) is 0 Å². The molecule has 0 amide bonds. The maximum Gasteiger partial charge on any atom is 0.138 e. The van der Waals surface area contributed by atoms with E-state index in [1.807, 2.05) is 0 Å². The van der Waals surface area contributed by atoms with Crippen molar-refractivity contribution in [2.45, 2.75) is 0 Å². The van der Waals surface area contributed by atoms with Gasteiger partial charge in [0.1, 0.15) is 5.75 Å². The van der Waals surface area contributed by atoms with Gasteiger partial charge in [-0.1, -0.05) is 12.1 Å². The van der Waals surface area contributed by atoms with E-state index in [-0.39, 0.29) is 22.8 Å². The molecule has 49 valence electrons. The Balaban J connectivity index is 0.000000640. The molecule has 0 aliphatic rings. The number of phenolic OH excluding ortho intramolecular Hbond substituents is 1. The van der Waals surface area contributed by atoms with Crippen molar-refractivity contribution in [3.05, 3.63) is 24.3 Å². The minimum atomic E-state index is 0. The van der Waals surface area contributed by atoms with Gasteiger partial charge >= 0.3 is 0 Å². The van der Waals surface area contributed by atoms with Crippen LogP contribution in [0, 0.1) is 0 Å². The van der Waals surface area contributed by atoms with E-state index in [9.17, 15) is 0 Å². The minimum Gasteiger partial charge on any atom is -0.506 e. The summed E-state index contributed by atoms with van der Waals surface area (Å²) in [6.45, 7) is 0. The zero-order valence-corrected chi connectivity index (χ0v) is 5.89. The number of hydrogen-bond acceptors (Lipinski definition) is 2. The Labute approximate surface area is 64.2 Å². The van der Waals surface area contributed by atoms with Crippen molar-refractivity contribution < 1.29 is 22.2 Å². The molecule has 0 saturated heterocycles. The molecule has 0 aliphatic heterocycles. The van der Waals surface area contributed by atoms with E-state index in [2.05, 4.69) is 0 Å². The fraction of sp³-hybridized carbons (Fsp3) is 0. The maximum atomic E-state index is 8.79. The molecule has 0 spiro atoms. The van der Waals surface area contributed by atoms with Crippen LogP contribution >= 0.6 is 0 Å². The molecule has 0 bridgehead atoms. The van der Waals surface area contributed by atoms with Gasteiger partial charge in [0.25, 0.3) is 0 Å². The van der Waals surface area contributed by atoms with E-state index < -0.39 is 0 Å². The Morgan fingerprint density at radius 1 is 1.22 bits per heavy atom. The van der Waals surface area contributed by atoms with Crippen LogP contribution in [0.2, 0.25) is 0 Å². The molecule has 1 rings (SSSR count). The number of nitrogen functional groups attached to an aromatic ring is 1. The largest absolute Gasteiger partial charge is 0.506 e. The Kier molecular flexibility index (Phi) is 3.13. The predicted molar refractivity (Wildman–Crippen MR) is 32.5 cm³/mol. The molecule has 2 nitrogen and oxygen atoms in total. The first kappa shape index (κ1) is 8.34. The first-order chi connectivity index (χ1) is 3.80. The molecule has 1 aromatic carbocycles. The zero-order chi connectivity index (χ0) is 5.98. The van der Waals surface area contributed by atoms with Crippen LogP contribution in [0.5, 0.6) is 5.75 Å². The van der Waals surface area contributed by atoms with Crippen LogP contribution in [0.1, 0.15) is 0 Å². The number of benzene rings is 1. The third-order valence-electron chi connectivity index (χ3n) is 0.937. The van der Waals surface area contributed by atoms with Crippen molar-refractivity contribution in [1.29, 1.82) is 0 Å². The monoisotopic (exact) mass is 164 g/mol. The molecule has 9 heavy (non-hydrogen) atoms. The molecule has 0 aliphatic carbocycles. The van der Waals surface area contributed by atoms with Crippen molar-refractivity contribution in [2.24, 2.45) is 0 Å². The second-order valence-corrected chi connectivity index (χ2v) is 1.56. The van der Waals surface area contributed by atoms with E-state index in [4.69, 9.17) is 10.8 Å². The Morgan fingerprint density at radius 3 is 2.11 bits per heavy atom. The summed E-state index contributed by atoms with van der Waals surface area (Å²) in [4.78, 5) is 0. The topological polar surface area (TPSA) is 46.2 Å². The summed E-state index contributed by atoms with van der Waals surface area (Å²) in [6, 6.07) is 6.70. The van der Waals surface area contributed by atoms with Gasteiger partial charge in [-0.3, -0.25) is 0 Å². The number of phenols is 1. The van der Waals surface area contributed by atoms with E-state index in [1.54, 1.807) is 24.3 Å². The van der Waals surface area contributed by atoms with Crippen LogP contribution in [0.15, 0.2) is 24.3 Å². The summed E-state index contributed by atoms with van der Waals surface area (Å²) in [5.74, 6) is 0.146. The minimum absolute atomic E-state index is 0. The van der Waals surface area contributed by atoms with Crippen LogP contribution in [-0.4, -0.2) is 5.11 Å². The van der Waals surface area contributed by atoms with E-state index >= 15 is 0 Å². The van der Waals surface area contributed by atoms with E-state index in [1.165, 1.54) is 0 Å². The van der Waals surface area contributed by atoms with E-state index in [0.29, 0.717) is 5.69 Å². The van der Waals surface area contributed by atoms with Gasteiger partial charge in [-0.2, -0.15) is 0 Å². The Hall–Kier alpha value is -0.661.